The van der Waals surface area contributed by atoms with Crippen LogP contribution in [0.1, 0.15) is 24.0 Å². The highest BCUT2D eigenvalue weighted by Crippen LogP contribution is 2.18. The number of sulfonamides is 1. The van der Waals surface area contributed by atoms with Gasteiger partial charge in [-0.25, -0.2) is 13.4 Å². The highest BCUT2D eigenvalue weighted by Gasteiger charge is 2.28. The summed E-state index contributed by atoms with van der Waals surface area (Å²) in [7, 11) is -3.58. The number of nitriles is 1. The second kappa shape index (κ2) is 8.03. The fourth-order valence-corrected chi connectivity index (χ4v) is 3.92. The van der Waals surface area contributed by atoms with Gasteiger partial charge in [0.15, 0.2) is 5.03 Å². The minimum Gasteiger partial charge on any atom is -0.391 e. The molecule has 9 heteroatoms. The third-order valence-electron chi connectivity index (χ3n) is 3.98. The van der Waals surface area contributed by atoms with Gasteiger partial charge in [-0.1, -0.05) is 11.2 Å². The number of hydrogen-bond acceptors (Lipinski definition) is 7. The van der Waals surface area contributed by atoms with Gasteiger partial charge in [-0.3, -0.25) is 4.98 Å². The van der Waals surface area contributed by atoms with E-state index in [-0.39, 0.29) is 11.6 Å². The summed E-state index contributed by atoms with van der Waals surface area (Å²) in [6.45, 7) is 0.811. The molecular weight excluding hydrogens is 354 g/mol. The maximum atomic E-state index is 12.5. The number of hydrogen-bond donors (Lipinski definition) is 0. The topological polar surface area (TPSA) is 109 Å². The lowest BCUT2D eigenvalue weighted by Crippen LogP contribution is -2.39. The molecule has 0 N–H and O–H groups in total. The molecule has 26 heavy (non-hydrogen) atoms. The lowest BCUT2D eigenvalue weighted by atomic mass is 10.1. The average Bonchev–Trinajstić information content (AvgIpc) is 2.69. The molecule has 1 fully saturated rings. The van der Waals surface area contributed by atoms with Crippen molar-refractivity contribution >= 4 is 15.7 Å². The van der Waals surface area contributed by atoms with E-state index in [1.165, 1.54) is 16.6 Å². The molecule has 0 spiro atoms. The van der Waals surface area contributed by atoms with Gasteiger partial charge in [-0.2, -0.15) is 9.57 Å². The molecule has 1 aliphatic heterocycles. The first-order valence-corrected chi connectivity index (χ1v) is 9.47. The van der Waals surface area contributed by atoms with E-state index in [1.807, 2.05) is 0 Å². The molecule has 0 radical (unpaired) electrons. The number of oxime groups is 1. The third kappa shape index (κ3) is 4.04. The normalized spacial score (nSPS) is 15.3. The maximum absolute atomic E-state index is 12.5. The molecule has 0 bridgehead atoms. The minimum absolute atomic E-state index is 0.0530. The first kappa shape index (κ1) is 18.0. The molecule has 0 atom stereocenters. The van der Waals surface area contributed by atoms with Crippen molar-refractivity contribution in [2.24, 2.45) is 5.16 Å². The zero-order chi connectivity index (χ0) is 18.4. The van der Waals surface area contributed by atoms with Crippen LogP contribution in [0, 0.1) is 11.3 Å². The van der Waals surface area contributed by atoms with Crippen molar-refractivity contribution in [2.45, 2.75) is 24.5 Å². The zero-order valence-electron chi connectivity index (χ0n) is 13.9. The Morgan fingerprint density at radius 2 is 2.04 bits per heavy atom. The fraction of sp³-hybridized carbons (Fsp3) is 0.294. The lowest BCUT2D eigenvalue weighted by Gasteiger charge is -2.26. The standard InChI is InChI=1S/C17H17N5O3S/c18-11-14-4-8-19-12-15(14)13-25-21-16-5-9-22(10-6-16)26(23,24)17-3-1-2-7-20-17/h1-4,7-8,12H,5-6,9-10,13H2. The lowest BCUT2D eigenvalue weighted by molar-refractivity contribution is 0.128. The van der Waals surface area contributed by atoms with Crippen molar-refractivity contribution in [2.75, 3.05) is 13.1 Å². The fourth-order valence-electron chi connectivity index (χ4n) is 2.55. The van der Waals surface area contributed by atoms with Gasteiger partial charge in [0.05, 0.1) is 17.3 Å². The van der Waals surface area contributed by atoms with Gasteiger partial charge >= 0.3 is 0 Å². The van der Waals surface area contributed by atoms with Crippen molar-refractivity contribution in [1.82, 2.24) is 14.3 Å². The minimum atomic E-state index is -3.58. The first-order chi connectivity index (χ1) is 12.6. The molecule has 3 heterocycles. The summed E-state index contributed by atoms with van der Waals surface area (Å²) in [4.78, 5) is 13.2. The Hall–Kier alpha value is -2.83. The van der Waals surface area contributed by atoms with Gasteiger partial charge in [0.1, 0.15) is 6.61 Å². The summed E-state index contributed by atoms with van der Waals surface area (Å²) in [5, 5.41) is 13.2. The Kier molecular flexibility index (Phi) is 5.55. The van der Waals surface area contributed by atoms with Crippen molar-refractivity contribution in [3.8, 4) is 6.07 Å². The highest BCUT2D eigenvalue weighted by atomic mass is 32.2. The van der Waals surface area contributed by atoms with Crippen LogP contribution in [0.15, 0.2) is 53.0 Å². The molecular formula is C17H17N5O3S. The molecule has 8 nitrogen and oxygen atoms in total. The Balaban J connectivity index is 1.57. The molecule has 134 valence electrons. The Morgan fingerprint density at radius 1 is 1.23 bits per heavy atom. The summed E-state index contributed by atoms with van der Waals surface area (Å²) >= 11 is 0. The summed E-state index contributed by atoms with van der Waals surface area (Å²) in [5.74, 6) is 0. The van der Waals surface area contributed by atoms with Gasteiger partial charge in [0, 0.05) is 50.1 Å². The van der Waals surface area contributed by atoms with E-state index < -0.39 is 10.0 Å². The largest absolute Gasteiger partial charge is 0.391 e. The molecule has 3 rings (SSSR count). The monoisotopic (exact) mass is 371 g/mol. The zero-order valence-corrected chi connectivity index (χ0v) is 14.8. The molecule has 0 aliphatic carbocycles. The third-order valence-corrected chi connectivity index (χ3v) is 5.79. The van der Waals surface area contributed by atoms with Gasteiger partial charge in [0.2, 0.25) is 0 Å². The maximum Gasteiger partial charge on any atom is 0.260 e. The van der Waals surface area contributed by atoms with E-state index in [4.69, 9.17) is 10.1 Å². The number of aromatic nitrogens is 2. The second-order valence-corrected chi connectivity index (χ2v) is 7.53. The van der Waals surface area contributed by atoms with Crippen LogP contribution < -0.4 is 0 Å². The van der Waals surface area contributed by atoms with Crippen LogP contribution in [0.4, 0.5) is 0 Å². The van der Waals surface area contributed by atoms with Crippen molar-refractivity contribution in [3.05, 3.63) is 54.0 Å². The van der Waals surface area contributed by atoms with Crippen LogP contribution >= 0.6 is 0 Å². The highest BCUT2D eigenvalue weighted by molar-refractivity contribution is 7.89. The Morgan fingerprint density at radius 3 is 2.73 bits per heavy atom. The van der Waals surface area contributed by atoms with E-state index in [1.54, 1.807) is 30.6 Å². The predicted molar refractivity (Wildman–Crippen MR) is 93.4 cm³/mol. The SMILES string of the molecule is N#Cc1ccncc1CON=C1CCN(S(=O)(=O)c2ccccn2)CC1. The van der Waals surface area contributed by atoms with E-state index in [0.29, 0.717) is 37.1 Å². The van der Waals surface area contributed by atoms with Crippen LogP contribution in [0.25, 0.3) is 0 Å². The Bertz CT molecular complexity index is 928. The molecule has 0 aromatic carbocycles. The van der Waals surface area contributed by atoms with Crippen molar-refractivity contribution in [1.29, 1.82) is 5.26 Å². The summed E-state index contributed by atoms with van der Waals surface area (Å²) in [6, 6.07) is 8.51. The van der Waals surface area contributed by atoms with Crippen LogP contribution in [0.5, 0.6) is 0 Å². The predicted octanol–water partition coefficient (Wildman–Crippen LogP) is 1.71. The van der Waals surface area contributed by atoms with E-state index in [2.05, 4.69) is 21.2 Å². The molecule has 0 saturated carbocycles. The summed E-state index contributed by atoms with van der Waals surface area (Å²) in [5.41, 5.74) is 1.95. The molecule has 1 aliphatic rings. The number of piperidine rings is 1. The first-order valence-electron chi connectivity index (χ1n) is 8.03. The summed E-state index contributed by atoms with van der Waals surface area (Å²) in [6.07, 6.45) is 5.56. The van der Waals surface area contributed by atoms with E-state index >= 15 is 0 Å². The van der Waals surface area contributed by atoms with Crippen molar-refractivity contribution in [3.63, 3.8) is 0 Å². The summed E-state index contributed by atoms with van der Waals surface area (Å²) < 4.78 is 26.4. The number of nitrogens with zero attached hydrogens (tertiary/aromatic N) is 5. The average molecular weight is 371 g/mol. The van der Waals surface area contributed by atoms with Crippen LogP contribution in [-0.4, -0.2) is 41.5 Å². The quantitative estimate of drug-likeness (QED) is 0.740. The molecule has 2 aromatic rings. The molecule has 0 amide bonds. The van der Waals surface area contributed by atoms with Gasteiger partial charge in [0.25, 0.3) is 10.0 Å². The molecule has 0 unspecified atom stereocenters. The van der Waals surface area contributed by atoms with Gasteiger partial charge < -0.3 is 4.84 Å². The molecule has 2 aromatic heterocycles. The van der Waals surface area contributed by atoms with E-state index in [0.717, 1.165) is 5.71 Å². The van der Waals surface area contributed by atoms with Crippen LogP contribution in [0.2, 0.25) is 0 Å². The smallest absolute Gasteiger partial charge is 0.260 e. The van der Waals surface area contributed by atoms with Gasteiger partial charge in [-0.15, -0.1) is 0 Å². The Labute approximate surface area is 151 Å². The van der Waals surface area contributed by atoms with Gasteiger partial charge in [-0.05, 0) is 18.2 Å². The van der Waals surface area contributed by atoms with Crippen LogP contribution in [0.3, 0.4) is 0 Å². The number of rotatable bonds is 5. The van der Waals surface area contributed by atoms with Crippen LogP contribution in [-0.2, 0) is 21.5 Å². The van der Waals surface area contributed by atoms with E-state index in [9.17, 15) is 8.42 Å². The molecule has 1 saturated heterocycles. The van der Waals surface area contributed by atoms with Crippen molar-refractivity contribution < 1.29 is 13.3 Å². The number of pyridine rings is 2. The second-order valence-electron chi connectivity index (χ2n) is 5.65.